The molecule has 0 N–H and O–H groups in total. The van der Waals surface area contributed by atoms with Crippen molar-refractivity contribution in [2.75, 3.05) is 6.54 Å². The molecule has 0 aromatic carbocycles. The quantitative estimate of drug-likeness (QED) is 0.850. The van der Waals surface area contributed by atoms with Crippen LogP contribution in [0.3, 0.4) is 0 Å². The van der Waals surface area contributed by atoms with E-state index in [-0.39, 0.29) is 11.3 Å². The van der Waals surface area contributed by atoms with Crippen LogP contribution in [0.1, 0.15) is 56.1 Å². The number of rotatable bonds is 2. The van der Waals surface area contributed by atoms with Crippen LogP contribution in [-0.2, 0) is 0 Å². The van der Waals surface area contributed by atoms with Crippen molar-refractivity contribution in [2.45, 2.75) is 53.0 Å². The Bertz CT molecular complexity index is 699. The summed E-state index contributed by atoms with van der Waals surface area (Å²) in [5.41, 5.74) is 2.10. The zero-order valence-corrected chi connectivity index (χ0v) is 13.7. The third-order valence-electron chi connectivity index (χ3n) is 4.24. The van der Waals surface area contributed by atoms with Crippen LogP contribution in [0.15, 0.2) is 16.8 Å². The predicted molar refractivity (Wildman–Crippen MR) is 84.7 cm³/mol. The maximum atomic E-state index is 12.9. The van der Waals surface area contributed by atoms with E-state index < -0.39 is 0 Å². The summed E-state index contributed by atoms with van der Waals surface area (Å²) in [6.07, 6.45) is 4.79. The Balaban J connectivity index is 1.86. The number of amides is 1. The molecule has 118 valence electrons. The monoisotopic (exact) mass is 301 g/mol. The predicted octanol–water partition coefficient (Wildman–Crippen LogP) is 3.57. The van der Waals surface area contributed by atoms with Gasteiger partial charge in [0.15, 0.2) is 0 Å². The van der Waals surface area contributed by atoms with Crippen LogP contribution in [0.4, 0.5) is 0 Å². The lowest BCUT2D eigenvalue weighted by Crippen LogP contribution is -2.37. The summed E-state index contributed by atoms with van der Waals surface area (Å²) in [4.78, 5) is 19.1. The van der Waals surface area contributed by atoms with Crippen molar-refractivity contribution in [3.05, 3.63) is 23.5 Å². The smallest absolute Gasteiger partial charge is 0.257 e. The Labute approximate surface area is 130 Å². The molecule has 0 bridgehead atoms. The fourth-order valence-corrected chi connectivity index (χ4v) is 3.25. The van der Waals surface area contributed by atoms with Crippen molar-refractivity contribution >= 4 is 17.0 Å². The number of carbonyl (C=O) groups excluding carboxylic acids is 1. The van der Waals surface area contributed by atoms with Gasteiger partial charge in [-0.25, -0.2) is 4.98 Å². The first-order valence-electron chi connectivity index (χ1n) is 7.88. The molecule has 0 unspecified atom stereocenters. The summed E-state index contributed by atoms with van der Waals surface area (Å²) < 4.78 is 5.11. The van der Waals surface area contributed by atoms with Crippen molar-refractivity contribution in [1.29, 1.82) is 0 Å². The molecule has 1 amide bonds. The van der Waals surface area contributed by atoms with Gasteiger partial charge >= 0.3 is 0 Å². The van der Waals surface area contributed by atoms with Gasteiger partial charge in [-0.1, -0.05) is 25.9 Å². The zero-order chi connectivity index (χ0) is 15.9. The Morgan fingerprint density at radius 2 is 2.23 bits per heavy atom. The average Bonchev–Trinajstić information content (AvgIpc) is 3.03. The summed E-state index contributed by atoms with van der Waals surface area (Å²) in [7, 11) is 0. The summed E-state index contributed by atoms with van der Waals surface area (Å²) >= 11 is 0. The first kappa shape index (κ1) is 15.0. The van der Waals surface area contributed by atoms with E-state index in [0.717, 1.165) is 36.9 Å². The van der Waals surface area contributed by atoms with Gasteiger partial charge in [0.2, 0.25) is 0 Å². The third-order valence-corrected chi connectivity index (χ3v) is 4.24. The van der Waals surface area contributed by atoms with E-state index in [4.69, 9.17) is 4.52 Å². The van der Waals surface area contributed by atoms with Gasteiger partial charge in [-0.3, -0.25) is 4.79 Å². The first-order chi connectivity index (χ1) is 10.3. The van der Waals surface area contributed by atoms with Crippen molar-refractivity contribution in [3.8, 4) is 0 Å². The van der Waals surface area contributed by atoms with Crippen molar-refractivity contribution in [3.63, 3.8) is 0 Å². The molecule has 2 aromatic rings. The van der Waals surface area contributed by atoms with Crippen molar-refractivity contribution < 1.29 is 9.32 Å². The molecule has 3 heterocycles. The molecule has 0 radical (unpaired) electrons. The van der Waals surface area contributed by atoms with Crippen LogP contribution >= 0.6 is 0 Å². The Kier molecular flexibility index (Phi) is 3.67. The minimum absolute atomic E-state index is 0.0711. The summed E-state index contributed by atoms with van der Waals surface area (Å²) in [5.74, 6) is 0.0711. The van der Waals surface area contributed by atoms with Gasteiger partial charge in [-0.15, -0.1) is 0 Å². The lowest BCUT2D eigenvalue weighted by molar-refractivity contribution is 0.0704. The van der Waals surface area contributed by atoms with Gasteiger partial charge in [0, 0.05) is 18.8 Å². The van der Waals surface area contributed by atoms with Crippen LogP contribution in [0.5, 0.6) is 0 Å². The number of aryl methyl sites for hydroxylation is 1. The maximum absolute atomic E-state index is 12.9. The van der Waals surface area contributed by atoms with E-state index >= 15 is 0 Å². The van der Waals surface area contributed by atoms with Crippen LogP contribution in [0.25, 0.3) is 11.1 Å². The van der Waals surface area contributed by atoms with Gasteiger partial charge in [0.05, 0.1) is 16.6 Å². The van der Waals surface area contributed by atoms with E-state index in [1.54, 1.807) is 6.20 Å². The molecular weight excluding hydrogens is 278 g/mol. The van der Waals surface area contributed by atoms with Gasteiger partial charge in [-0.05, 0) is 37.7 Å². The minimum atomic E-state index is 0.0711. The number of carbonyl (C=O) groups is 1. The molecular formula is C17H23N3O2. The molecule has 0 aliphatic carbocycles. The maximum Gasteiger partial charge on any atom is 0.257 e. The molecule has 1 saturated heterocycles. The number of pyridine rings is 1. The average molecular weight is 301 g/mol. The Morgan fingerprint density at radius 1 is 1.45 bits per heavy atom. The molecule has 1 aliphatic heterocycles. The van der Waals surface area contributed by atoms with Gasteiger partial charge in [-0.2, -0.15) is 0 Å². The molecule has 1 aliphatic rings. The highest BCUT2D eigenvalue weighted by Gasteiger charge is 2.32. The lowest BCUT2D eigenvalue weighted by atomic mass is 9.87. The number of nitrogens with zero attached hydrogens (tertiary/aromatic N) is 3. The fourth-order valence-electron chi connectivity index (χ4n) is 3.25. The highest BCUT2D eigenvalue weighted by molar-refractivity contribution is 5.97. The number of fused-ring (bicyclic) bond motifs is 1. The van der Waals surface area contributed by atoms with Gasteiger partial charge in [0.25, 0.3) is 11.6 Å². The molecule has 5 nitrogen and oxygen atoms in total. The Morgan fingerprint density at radius 3 is 2.95 bits per heavy atom. The van der Waals surface area contributed by atoms with Crippen LogP contribution in [0, 0.1) is 12.3 Å². The minimum Gasteiger partial charge on any atom is -0.336 e. The summed E-state index contributed by atoms with van der Waals surface area (Å²) in [5, 5.41) is 4.71. The normalized spacial score (nSPS) is 19.1. The molecule has 2 aromatic heterocycles. The molecule has 0 spiro atoms. The topological polar surface area (TPSA) is 59.2 Å². The molecule has 22 heavy (non-hydrogen) atoms. The molecule has 5 heteroatoms. The highest BCUT2D eigenvalue weighted by atomic mass is 16.5. The number of aromatic nitrogens is 2. The second-order valence-corrected chi connectivity index (χ2v) is 7.40. The second-order valence-electron chi connectivity index (χ2n) is 7.40. The number of hydrogen-bond donors (Lipinski definition) is 0. The second kappa shape index (κ2) is 5.38. The standard InChI is InChI=1S/C17H23N3O2/c1-11-14-8-12(10-18-15(14)22-19-11)16(21)20-7-5-6-13(20)9-17(2,3)4/h8,10,13H,5-7,9H2,1-4H3/t13-/m0/s1. The van der Waals surface area contributed by atoms with Crippen molar-refractivity contribution in [2.24, 2.45) is 5.41 Å². The fraction of sp³-hybridized carbons (Fsp3) is 0.588. The SMILES string of the molecule is Cc1noc2ncc(C(=O)N3CCC[C@H]3CC(C)(C)C)cc12. The van der Waals surface area contributed by atoms with Crippen LogP contribution in [0.2, 0.25) is 0 Å². The van der Waals surface area contributed by atoms with Crippen LogP contribution in [-0.4, -0.2) is 33.5 Å². The highest BCUT2D eigenvalue weighted by Crippen LogP contribution is 2.31. The molecule has 1 atom stereocenters. The van der Waals surface area contributed by atoms with Crippen LogP contribution < -0.4 is 0 Å². The van der Waals surface area contributed by atoms with E-state index in [2.05, 4.69) is 30.9 Å². The van der Waals surface area contributed by atoms with Gasteiger partial charge in [0.1, 0.15) is 0 Å². The largest absolute Gasteiger partial charge is 0.336 e. The number of hydrogen-bond acceptors (Lipinski definition) is 4. The van der Waals surface area contributed by atoms with E-state index in [9.17, 15) is 4.79 Å². The van der Waals surface area contributed by atoms with E-state index in [0.29, 0.717) is 17.3 Å². The van der Waals surface area contributed by atoms with E-state index in [1.807, 2.05) is 17.9 Å². The first-order valence-corrected chi connectivity index (χ1v) is 7.88. The number of likely N-dealkylation sites (tertiary alicyclic amines) is 1. The zero-order valence-electron chi connectivity index (χ0n) is 13.7. The van der Waals surface area contributed by atoms with Crippen molar-refractivity contribution in [1.82, 2.24) is 15.0 Å². The molecule has 3 rings (SSSR count). The Hall–Kier alpha value is -1.91. The lowest BCUT2D eigenvalue weighted by Gasteiger charge is -2.30. The molecule has 0 saturated carbocycles. The summed E-state index contributed by atoms with van der Waals surface area (Å²) in [6.45, 7) is 9.37. The van der Waals surface area contributed by atoms with E-state index in [1.165, 1.54) is 0 Å². The molecule has 1 fully saturated rings. The van der Waals surface area contributed by atoms with Gasteiger partial charge < -0.3 is 9.42 Å². The third kappa shape index (κ3) is 2.85. The summed E-state index contributed by atoms with van der Waals surface area (Å²) in [6, 6.07) is 2.18.